The lowest BCUT2D eigenvalue weighted by Gasteiger charge is -2.32. The normalized spacial score (nSPS) is 17.5. The Bertz CT molecular complexity index is 539. The molecule has 0 saturated carbocycles. The van der Waals surface area contributed by atoms with E-state index in [0.29, 0.717) is 12.5 Å². The Morgan fingerprint density at radius 2 is 1.92 bits per heavy atom. The molecule has 0 radical (unpaired) electrons. The Kier molecular flexibility index (Phi) is 6.54. The third-order valence-corrected chi connectivity index (χ3v) is 4.66. The maximum atomic E-state index is 13.7. The number of hydrogen-bond acceptors (Lipinski definition) is 2. The van der Waals surface area contributed by atoms with Crippen molar-refractivity contribution in [2.24, 2.45) is 5.92 Å². The number of halogens is 2. The summed E-state index contributed by atoms with van der Waals surface area (Å²) in [7, 11) is 3.88. The molecule has 1 heterocycles. The maximum Gasteiger partial charge on any atom is 0.317 e. The van der Waals surface area contributed by atoms with Gasteiger partial charge in [-0.15, -0.1) is 0 Å². The van der Waals surface area contributed by atoms with Crippen molar-refractivity contribution in [1.82, 2.24) is 15.1 Å². The van der Waals surface area contributed by atoms with Crippen LogP contribution in [0, 0.1) is 17.6 Å². The molecule has 1 aliphatic heterocycles. The van der Waals surface area contributed by atoms with Crippen molar-refractivity contribution >= 4 is 6.03 Å². The molecule has 0 aliphatic carbocycles. The Morgan fingerprint density at radius 3 is 2.50 bits per heavy atom. The lowest BCUT2D eigenvalue weighted by Crippen LogP contribution is -2.45. The minimum absolute atomic E-state index is 0.0169. The van der Waals surface area contributed by atoms with Crippen LogP contribution in [-0.4, -0.2) is 55.6 Å². The predicted octanol–water partition coefficient (Wildman–Crippen LogP) is 2.88. The van der Waals surface area contributed by atoms with Gasteiger partial charge in [0.1, 0.15) is 11.6 Å². The van der Waals surface area contributed by atoms with Crippen LogP contribution in [0.2, 0.25) is 0 Å². The zero-order valence-corrected chi connectivity index (χ0v) is 14.7. The molecule has 6 heteroatoms. The van der Waals surface area contributed by atoms with Gasteiger partial charge in [-0.3, -0.25) is 0 Å². The first-order valence-corrected chi connectivity index (χ1v) is 8.50. The number of nitrogens with zero attached hydrogens (tertiary/aromatic N) is 2. The van der Waals surface area contributed by atoms with Crippen molar-refractivity contribution in [3.8, 4) is 0 Å². The van der Waals surface area contributed by atoms with Gasteiger partial charge in [0.15, 0.2) is 0 Å². The van der Waals surface area contributed by atoms with E-state index in [4.69, 9.17) is 0 Å². The van der Waals surface area contributed by atoms with Gasteiger partial charge in [-0.1, -0.05) is 6.07 Å². The highest BCUT2D eigenvalue weighted by molar-refractivity contribution is 5.74. The summed E-state index contributed by atoms with van der Waals surface area (Å²) in [4.78, 5) is 16.2. The molecule has 1 fully saturated rings. The van der Waals surface area contributed by atoms with Crippen molar-refractivity contribution in [3.63, 3.8) is 0 Å². The zero-order chi connectivity index (χ0) is 17.7. The summed E-state index contributed by atoms with van der Waals surface area (Å²) in [6.07, 6.45) is 2.31. The van der Waals surface area contributed by atoms with E-state index in [0.717, 1.165) is 25.9 Å². The SMILES string of the molecule is CC(Cc1c(F)cccc1F)NC(=O)N(C)CC1CCN(C)CC1. The van der Waals surface area contributed by atoms with E-state index in [2.05, 4.69) is 17.3 Å². The highest BCUT2D eigenvalue weighted by Crippen LogP contribution is 2.17. The Balaban J connectivity index is 1.82. The molecular weight excluding hydrogens is 312 g/mol. The van der Waals surface area contributed by atoms with E-state index >= 15 is 0 Å². The molecule has 134 valence electrons. The molecule has 1 N–H and O–H groups in total. The first kappa shape index (κ1) is 18.6. The van der Waals surface area contributed by atoms with Gasteiger partial charge in [0.25, 0.3) is 0 Å². The van der Waals surface area contributed by atoms with Crippen LogP contribution in [0.3, 0.4) is 0 Å². The number of carbonyl (C=O) groups is 1. The van der Waals surface area contributed by atoms with Gasteiger partial charge in [0, 0.05) is 25.2 Å². The standard InChI is InChI=1S/C18H27F2N3O/c1-13(11-15-16(19)5-4-6-17(15)20)21-18(24)23(3)12-14-7-9-22(2)10-8-14/h4-6,13-14H,7-12H2,1-3H3,(H,21,24). The molecule has 1 aromatic rings. The lowest BCUT2D eigenvalue weighted by atomic mass is 9.97. The maximum absolute atomic E-state index is 13.7. The second kappa shape index (κ2) is 8.42. The molecule has 1 atom stereocenters. The monoisotopic (exact) mass is 339 g/mol. The molecule has 1 aliphatic rings. The third-order valence-electron chi connectivity index (χ3n) is 4.66. The van der Waals surface area contributed by atoms with Crippen LogP contribution in [0.25, 0.3) is 0 Å². The zero-order valence-electron chi connectivity index (χ0n) is 14.7. The largest absolute Gasteiger partial charge is 0.335 e. The Hall–Kier alpha value is -1.69. The van der Waals surface area contributed by atoms with E-state index in [1.807, 2.05) is 0 Å². The molecule has 0 spiro atoms. The van der Waals surface area contributed by atoms with Crippen LogP contribution in [0.15, 0.2) is 18.2 Å². The summed E-state index contributed by atoms with van der Waals surface area (Å²) in [6.45, 7) is 4.58. The molecule has 1 aromatic carbocycles. The topological polar surface area (TPSA) is 35.6 Å². The second-order valence-electron chi connectivity index (χ2n) is 6.88. The quantitative estimate of drug-likeness (QED) is 0.895. The fraction of sp³-hybridized carbons (Fsp3) is 0.611. The summed E-state index contributed by atoms with van der Waals surface area (Å²) < 4.78 is 27.4. The number of rotatable bonds is 5. The fourth-order valence-electron chi connectivity index (χ4n) is 3.12. The number of likely N-dealkylation sites (tertiary alicyclic amines) is 1. The molecule has 2 rings (SSSR count). The number of nitrogens with one attached hydrogen (secondary N) is 1. The van der Waals surface area contributed by atoms with Gasteiger partial charge in [-0.2, -0.15) is 0 Å². The third kappa shape index (κ3) is 5.16. The van der Waals surface area contributed by atoms with Crippen molar-refractivity contribution in [2.45, 2.75) is 32.2 Å². The average molecular weight is 339 g/mol. The van der Waals surface area contributed by atoms with E-state index in [1.165, 1.54) is 18.2 Å². The number of amides is 2. The van der Waals surface area contributed by atoms with Crippen molar-refractivity contribution in [2.75, 3.05) is 33.7 Å². The highest BCUT2D eigenvalue weighted by atomic mass is 19.1. The van der Waals surface area contributed by atoms with Gasteiger partial charge in [-0.05, 0) is 64.4 Å². The van der Waals surface area contributed by atoms with Crippen LogP contribution in [-0.2, 0) is 6.42 Å². The van der Waals surface area contributed by atoms with Gasteiger partial charge < -0.3 is 15.1 Å². The first-order valence-electron chi connectivity index (χ1n) is 8.50. The van der Waals surface area contributed by atoms with Crippen LogP contribution >= 0.6 is 0 Å². The molecule has 0 aromatic heterocycles. The van der Waals surface area contributed by atoms with Crippen molar-refractivity contribution in [3.05, 3.63) is 35.4 Å². The number of piperidine rings is 1. The van der Waals surface area contributed by atoms with E-state index in [-0.39, 0.29) is 24.1 Å². The van der Waals surface area contributed by atoms with Crippen molar-refractivity contribution in [1.29, 1.82) is 0 Å². The van der Waals surface area contributed by atoms with Crippen LogP contribution < -0.4 is 5.32 Å². The summed E-state index contributed by atoms with van der Waals surface area (Å²) in [6, 6.07) is 3.27. The van der Waals surface area contributed by atoms with Gasteiger partial charge in [0.05, 0.1) is 0 Å². The number of hydrogen-bond donors (Lipinski definition) is 1. The lowest BCUT2D eigenvalue weighted by molar-refractivity contribution is 0.168. The molecule has 24 heavy (non-hydrogen) atoms. The second-order valence-corrected chi connectivity index (χ2v) is 6.88. The van der Waals surface area contributed by atoms with Crippen LogP contribution in [0.1, 0.15) is 25.3 Å². The Morgan fingerprint density at radius 1 is 1.33 bits per heavy atom. The summed E-state index contributed by atoms with van der Waals surface area (Å²) in [5, 5.41) is 2.82. The van der Waals surface area contributed by atoms with E-state index < -0.39 is 11.6 Å². The smallest absolute Gasteiger partial charge is 0.317 e. The highest BCUT2D eigenvalue weighted by Gasteiger charge is 2.21. The Labute approximate surface area is 142 Å². The molecular formula is C18H27F2N3O. The number of benzene rings is 1. The number of carbonyl (C=O) groups excluding carboxylic acids is 1. The summed E-state index contributed by atoms with van der Waals surface area (Å²) in [5.41, 5.74) is 0.0169. The van der Waals surface area contributed by atoms with Gasteiger partial charge >= 0.3 is 6.03 Å². The van der Waals surface area contributed by atoms with E-state index in [1.54, 1.807) is 18.9 Å². The van der Waals surface area contributed by atoms with Gasteiger partial charge in [0.2, 0.25) is 0 Å². The van der Waals surface area contributed by atoms with Crippen LogP contribution in [0.4, 0.5) is 13.6 Å². The first-order chi connectivity index (χ1) is 11.4. The fourth-order valence-corrected chi connectivity index (χ4v) is 3.12. The van der Waals surface area contributed by atoms with Crippen LogP contribution in [0.5, 0.6) is 0 Å². The molecule has 1 saturated heterocycles. The minimum Gasteiger partial charge on any atom is -0.335 e. The summed E-state index contributed by atoms with van der Waals surface area (Å²) in [5.74, 6) is -0.636. The molecule has 2 amide bonds. The minimum atomic E-state index is -0.573. The predicted molar refractivity (Wildman–Crippen MR) is 90.9 cm³/mol. The van der Waals surface area contributed by atoms with Crippen molar-refractivity contribution < 1.29 is 13.6 Å². The van der Waals surface area contributed by atoms with Gasteiger partial charge in [-0.25, -0.2) is 13.6 Å². The molecule has 1 unspecified atom stereocenters. The molecule has 0 bridgehead atoms. The molecule has 4 nitrogen and oxygen atoms in total. The van der Waals surface area contributed by atoms with E-state index in [9.17, 15) is 13.6 Å². The summed E-state index contributed by atoms with van der Waals surface area (Å²) >= 11 is 0. The number of urea groups is 1. The average Bonchev–Trinajstić information content (AvgIpc) is 2.53.